The number of benzene rings is 1. The third kappa shape index (κ3) is 3.48. The van der Waals surface area contributed by atoms with Gasteiger partial charge >= 0.3 is 0 Å². The molecule has 0 heterocycles. The molecule has 1 aromatic rings. The first-order chi connectivity index (χ1) is 8.49. The third-order valence-corrected chi connectivity index (χ3v) is 2.85. The molecule has 1 aromatic carbocycles. The Kier molecular flexibility index (Phi) is 5.18. The fraction of sp³-hybridized carbons (Fsp3) is 0.455. The molecule has 0 aliphatic rings. The number of methoxy groups -OCH3 is 1. The lowest BCUT2D eigenvalue weighted by Gasteiger charge is -2.14. The van der Waals surface area contributed by atoms with Crippen LogP contribution in [0.2, 0.25) is 5.02 Å². The zero-order chi connectivity index (χ0) is 13.7. The summed E-state index contributed by atoms with van der Waals surface area (Å²) < 4.78 is 5.10. The average molecular weight is 274 g/mol. The number of nitrogens with one attached hydrogen (secondary N) is 2. The van der Waals surface area contributed by atoms with E-state index in [2.05, 4.69) is 10.6 Å². The molecule has 0 saturated carbocycles. The van der Waals surface area contributed by atoms with Crippen LogP contribution in [0.4, 0.5) is 17.1 Å². The second-order valence-electron chi connectivity index (χ2n) is 3.78. The maximum atomic E-state index is 10.8. The monoisotopic (exact) mass is 273 g/mol. The van der Waals surface area contributed by atoms with Crippen molar-refractivity contribution in [2.45, 2.75) is 13.0 Å². The van der Waals surface area contributed by atoms with E-state index in [0.717, 1.165) is 0 Å². The second-order valence-corrected chi connectivity index (χ2v) is 4.19. The Hall–Kier alpha value is -1.53. The van der Waals surface area contributed by atoms with Crippen molar-refractivity contribution in [3.05, 3.63) is 27.3 Å². The molecule has 0 aromatic heterocycles. The summed E-state index contributed by atoms with van der Waals surface area (Å²) in [6, 6.07) is 2.94. The zero-order valence-electron chi connectivity index (χ0n) is 10.5. The average Bonchev–Trinajstić information content (AvgIpc) is 2.36. The van der Waals surface area contributed by atoms with E-state index in [9.17, 15) is 10.1 Å². The van der Waals surface area contributed by atoms with Gasteiger partial charge in [-0.1, -0.05) is 11.6 Å². The van der Waals surface area contributed by atoms with Crippen molar-refractivity contribution in [3.8, 4) is 0 Å². The standard InChI is InChI=1S/C11H16ClN3O3/c1-7(18-3)6-14-9-5-10(13-2)11(15(16)17)4-8(9)12/h4-5,7,13-14H,6H2,1-3H3. The zero-order valence-corrected chi connectivity index (χ0v) is 11.2. The van der Waals surface area contributed by atoms with E-state index in [0.29, 0.717) is 22.9 Å². The van der Waals surface area contributed by atoms with E-state index in [-0.39, 0.29) is 11.8 Å². The van der Waals surface area contributed by atoms with Gasteiger partial charge in [-0.05, 0) is 13.0 Å². The molecule has 0 saturated heterocycles. The molecule has 1 rings (SSSR count). The highest BCUT2D eigenvalue weighted by molar-refractivity contribution is 6.33. The topological polar surface area (TPSA) is 76.4 Å². The van der Waals surface area contributed by atoms with Crippen molar-refractivity contribution < 1.29 is 9.66 Å². The van der Waals surface area contributed by atoms with Crippen LogP contribution in [0, 0.1) is 10.1 Å². The summed E-state index contributed by atoms with van der Waals surface area (Å²) in [7, 11) is 3.24. The number of nitro benzene ring substituents is 1. The number of nitrogens with zero attached hydrogens (tertiary/aromatic N) is 1. The van der Waals surface area contributed by atoms with Crippen molar-refractivity contribution in [2.24, 2.45) is 0 Å². The Labute approximate surface area is 110 Å². The number of halogens is 1. The maximum absolute atomic E-state index is 10.8. The fourth-order valence-corrected chi connectivity index (χ4v) is 1.61. The number of ether oxygens (including phenoxy) is 1. The molecule has 0 fully saturated rings. The fourth-order valence-electron chi connectivity index (χ4n) is 1.39. The molecule has 0 aliphatic carbocycles. The van der Waals surface area contributed by atoms with Crippen molar-refractivity contribution in [1.29, 1.82) is 0 Å². The summed E-state index contributed by atoms with van der Waals surface area (Å²) >= 11 is 5.99. The Bertz CT molecular complexity index is 440. The summed E-state index contributed by atoms with van der Waals surface area (Å²) in [5.74, 6) is 0. The first-order valence-electron chi connectivity index (χ1n) is 5.42. The van der Waals surface area contributed by atoms with E-state index in [1.54, 1.807) is 20.2 Å². The first-order valence-corrected chi connectivity index (χ1v) is 5.79. The summed E-state index contributed by atoms with van der Waals surface area (Å²) in [5, 5.41) is 17.0. The highest BCUT2D eigenvalue weighted by atomic mass is 35.5. The Morgan fingerprint density at radius 2 is 2.17 bits per heavy atom. The predicted molar refractivity (Wildman–Crippen MR) is 72.6 cm³/mol. The molecule has 1 unspecified atom stereocenters. The lowest BCUT2D eigenvalue weighted by molar-refractivity contribution is -0.383. The van der Waals surface area contributed by atoms with E-state index < -0.39 is 4.92 Å². The van der Waals surface area contributed by atoms with Crippen LogP contribution >= 0.6 is 11.6 Å². The lowest BCUT2D eigenvalue weighted by Crippen LogP contribution is -2.18. The normalized spacial score (nSPS) is 12.0. The van der Waals surface area contributed by atoms with E-state index in [1.807, 2.05) is 6.92 Å². The second kappa shape index (κ2) is 6.42. The molecular formula is C11H16ClN3O3. The molecule has 1 atom stereocenters. The van der Waals surface area contributed by atoms with E-state index >= 15 is 0 Å². The minimum absolute atomic E-state index is 0.0225. The first kappa shape index (κ1) is 14.5. The van der Waals surface area contributed by atoms with Gasteiger partial charge in [0, 0.05) is 26.8 Å². The van der Waals surface area contributed by atoms with Crippen LogP contribution in [-0.4, -0.2) is 31.7 Å². The number of hydrogen-bond acceptors (Lipinski definition) is 5. The lowest BCUT2D eigenvalue weighted by atomic mass is 10.2. The minimum Gasteiger partial charge on any atom is -0.383 e. The Balaban J connectivity index is 2.97. The molecule has 0 radical (unpaired) electrons. The van der Waals surface area contributed by atoms with Crippen molar-refractivity contribution in [3.63, 3.8) is 0 Å². The minimum atomic E-state index is -0.473. The Morgan fingerprint density at radius 3 is 2.67 bits per heavy atom. The number of hydrogen-bond donors (Lipinski definition) is 2. The van der Waals surface area contributed by atoms with Gasteiger partial charge in [0.05, 0.1) is 21.7 Å². The molecule has 18 heavy (non-hydrogen) atoms. The van der Waals surface area contributed by atoms with Crippen LogP contribution < -0.4 is 10.6 Å². The predicted octanol–water partition coefficient (Wildman–Crippen LogP) is 2.74. The molecule has 2 N–H and O–H groups in total. The van der Waals surface area contributed by atoms with Gasteiger partial charge in [0.25, 0.3) is 5.69 Å². The van der Waals surface area contributed by atoms with Gasteiger partial charge in [0.15, 0.2) is 0 Å². The Morgan fingerprint density at radius 1 is 1.50 bits per heavy atom. The molecular weight excluding hydrogens is 258 g/mol. The van der Waals surface area contributed by atoms with Crippen molar-refractivity contribution >= 4 is 28.7 Å². The van der Waals surface area contributed by atoms with Crippen molar-refractivity contribution in [2.75, 3.05) is 31.3 Å². The molecule has 7 heteroatoms. The largest absolute Gasteiger partial charge is 0.383 e. The highest BCUT2D eigenvalue weighted by Gasteiger charge is 2.16. The van der Waals surface area contributed by atoms with Crippen LogP contribution in [0.5, 0.6) is 0 Å². The summed E-state index contributed by atoms with van der Waals surface area (Å²) in [4.78, 5) is 10.4. The quantitative estimate of drug-likeness (QED) is 0.616. The number of nitro groups is 1. The summed E-state index contributed by atoms with van der Waals surface area (Å²) in [6.07, 6.45) is 0.0225. The highest BCUT2D eigenvalue weighted by Crippen LogP contribution is 2.34. The van der Waals surface area contributed by atoms with Crippen LogP contribution in [0.15, 0.2) is 12.1 Å². The SMILES string of the molecule is CNc1cc(NCC(C)OC)c(Cl)cc1[N+](=O)[O-]. The van der Waals surface area contributed by atoms with Gasteiger partial charge in [-0.25, -0.2) is 0 Å². The van der Waals surface area contributed by atoms with Crippen LogP contribution in [0.25, 0.3) is 0 Å². The maximum Gasteiger partial charge on any atom is 0.293 e. The van der Waals surface area contributed by atoms with Crippen LogP contribution in [0.1, 0.15) is 6.92 Å². The molecule has 0 bridgehead atoms. The molecule has 6 nitrogen and oxygen atoms in total. The smallest absolute Gasteiger partial charge is 0.293 e. The van der Waals surface area contributed by atoms with Gasteiger partial charge in [-0.2, -0.15) is 0 Å². The van der Waals surface area contributed by atoms with Gasteiger partial charge in [-0.15, -0.1) is 0 Å². The number of anilines is 2. The van der Waals surface area contributed by atoms with Crippen LogP contribution in [0.3, 0.4) is 0 Å². The summed E-state index contributed by atoms with van der Waals surface area (Å²) in [6.45, 7) is 2.47. The molecule has 0 aliphatic heterocycles. The summed E-state index contributed by atoms with van der Waals surface area (Å²) in [5.41, 5.74) is 1.00. The molecule has 0 amide bonds. The van der Waals surface area contributed by atoms with E-state index in [4.69, 9.17) is 16.3 Å². The molecule has 100 valence electrons. The van der Waals surface area contributed by atoms with Gasteiger partial charge < -0.3 is 15.4 Å². The number of rotatable bonds is 6. The van der Waals surface area contributed by atoms with Crippen molar-refractivity contribution in [1.82, 2.24) is 0 Å². The van der Waals surface area contributed by atoms with Gasteiger partial charge in [-0.3, -0.25) is 10.1 Å². The van der Waals surface area contributed by atoms with Gasteiger partial charge in [0.1, 0.15) is 5.69 Å². The van der Waals surface area contributed by atoms with Gasteiger partial charge in [0.2, 0.25) is 0 Å². The van der Waals surface area contributed by atoms with Crippen LogP contribution in [-0.2, 0) is 4.74 Å². The third-order valence-electron chi connectivity index (χ3n) is 2.53. The molecule has 0 spiro atoms. The van der Waals surface area contributed by atoms with E-state index in [1.165, 1.54) is 6.07 Å².